The van der Waals surface area contributed by atoms with Gasteiger partial charge in [0, 0.05) is 44.6 Å². The molecule has 2 heterocycles. The fourth-order valence-electron chi connectivity index (χ4n) is 5.15. The van der Waals surface area contributed by atoms with Crippen molar-refractivity contribution in [2.24, 2.45) is 5.92 Å². The van der Waals surface area contributed by atoms with E-state index in [2.05, 4.69) is 15.1 Å². The second-order valence-corrected chi connectivity index (χ2v) is 9.33. The van der Waals surface area contributed by atoms with Crippen LogP contribution in [0.2, 0.25) is 0 Å². The molecule has 1 aliphatic heterocycles. The number of likely N-dealkylation sites (N-methyl/N-ethyl adjacent to an activating group) is 1. The quantitative estimate of drug-likeness (QED) is 0.346. The second kappa shape index (κ2) is 7.74. The predicted molar refractivity (Wildman–Crippen MR) is 126 cm³/mol. The summed E-state index contributed by atoms with van der Waals surface area (Å²) in [5.74, 6) is 6.49. The molecule has 10 heteroatoms. The van der Waals surface area contributed by atoms with E-state index in [1.165, 1.54) is 7.11 Å². The number of hydrogen-bond donors (Lipinski definition) is 3. The van der Waals surface area contributed by atoms with E-state index in [9.17, 15) is 9.59 Å². The van der Waals surface area contributed by atoms with E-state index in [-0.39, 0.29) is 29.1 Å². The summed E-state index contributed by atoms with van der Waals surface area (Å²) in [7, 11) is 3.43. The van der Waals surface area contributed by atoms with Crippen LogP contribution in [-0.2, 0) is 0 Å². The molecule has 10 nitrogen and oxygen atoms in total. The first-order valence-corrected chi connectivity index (χ1v) is 10.9. The first kappa shape index (κ1) is 22.0. The van der Waals surface area contributed by atoms with Gasteiger partial charge in [-0.25, -0.2) is 11.4 Å². The summed E-state index contributed by atoms with van der Waals surface area (Å²) in [5.41, 5.74) is 6.05. The highest BCUT2D eigenvalue weighted by Crippen LogP contribution is 2.44. The Morgan fingerprint density at radius 3 is 2.56 bits per heavy atom. The average Bonchev–Trinajstić information content (AvgIpc) is 3.48. The second-order valence-electron chi connectivity index (χ2n) is 9.33. The van der Waals surface area contributed by atoms with Gasteiger partial charge in [0.25, 0.3) is 5.56 Å². The highest BCUT2D eigenvalue weighted by molar-refractivity contribution is 5.99. The average molecular weight is 442 g/mol. The maximum atomic E-state index is 12.9. The summed E-state index contributed by atoms with van der Waals surface area (Å²) in [5, 5.41) is 3.54. The number of nitrogens with zero attached hydrogens (tertiary/aromatic N) is 4. The van der Waals surface area contributed by atoms with E-state index in [1.54, 1.807) is 10.6 Å². The first-order valence-electron chi connectivity index (χ1n) is 10.9. The summed E-state index contributed by atoms with van der Waals surface area (Å²) in [4.78, 5) is 31.7. The number of nitrogens with two attached hydrogens (primary N) is 2. The summed E-state index contributed by atoms with van der Waals surface area (Å²) in [6.07, 6.45) is 2.56. The number of benzene rings is 1. The predicted octanol–water partition coefficient (Wildman–Crippen LogP) is 0.915. The van der Waals surface area contributed by atoms with Crippen molar-refractivity contribution in [3.05, 3.63) is 38.3 Å². The van der Waals surface area contributed by atoms with E-state index in [0.717, 1.165) is 31.5 Å². The molecule has 2 aliphatic rings. The van der Waals surface area contributed by atoms with Crippen LogP contribution in [-0.4, -0.2) is 48.1 Å². The molecule has 1 saturated carbocycles. The van der Waals surface area contributed by atoms with Crippen LogP contribution >= 0.6 is 0 Å². The maximum absolute atomic E-state index is 12.9. The SMILES string of the molecule is [C-]#[N+]C(C)(C)C(NC)C1CCN(c2cc(N)c3c(=O)n(N)c(=O)n(C4CC4)c3c2OC)C1. The van der Waals surface area contributed by atoms with Gasteiger partial charge in [-0.15, -0.1) is 0 Å². The van der Waals surface area contributed by atoms with Gasteiger partial charge in [0.15, 0.2) is 5.75 Å². The molecule has 1 aromatic carbocycles. The topological polar surface area (TPSA) is 125 Å². The fraction of sp³-hybridized carbons (Fsp3) is 0.591. The molecule has 0 bridgehead atoms. The smallest absolute Gasteiger partial charge is 0.350 e. The van der Waals surface area contributed by atoms with Crippen LogP contribution in [0, 0.1) is 12.5 Å². The highest BCUT2D eigenvalue weighted by Gasteiger charge is 2.43. The Morgan fingerprint density at radius 2 is 2.00 bits per heavy atom. The van der Waals surface area contributed by atoms with Crippen LogP contribution in [0.1, 0.15) is 39.2 Å². The molecule has 2 unspecified atom stereocenters. The van der Waals surface area contributed by atoms with Crippen LogP contribution in [0.15, 0.2) is 15.7 Å². The van der Waals surface area contributed by atoms with Gasteiger partial charge in [-0.05, 0) is 32.4 Å². The lowest BCUT2D eigenvalue weighted by molar-refractivity contribution is 0.309. The molecule has 2 atom stereocenters. The molecule has 1 saturated heterocycles. The van der Waals surface area contributed by atoms with E-state index in [4.69, 9.17) is 22.9 Å². The Balaban J connectivity index is 1.86. The van der Waals surface area contributed by atoms with Crippen LogP contribution in [0.4, 0.5) is 11.4 Å². The number of methoxy groups -OCH3 is 1. The number of fused-ring (bicyclic) bond motifs is 1. The molecule has 1 aromatic heterocycles. The van der Waals surface area contributed by atoms with Crippen molar-refractivity contribution < 1.29 is 4.74 Å². The fourth-order valence-corrected chi connectivity index (χ4v) is 5.15. The Labute approximate surface area is 186 Å². The number of rotatable bonds is 6. The zero-order valence-electron chi connectivity index (χ0n) is 19.0. The molecule has 4 rings (SSSR count). The molecule has 32 heavy (non-hydrogen) atoms. The Hall–Kier alpha value is -3.19. The van der Waals surface area contributed by atoms with Crippen LogP contribution in [0.3, 0.4) is 0 Å². The molecule has 1 aliphatic carbocycles. The molecule has 2 fully saturated rings. The van der Waals surface area contributed by atoms with Crippen LogP contribution in [0.25, 0.3) is 15.7 Å². The van der Waals surface area contributed by atoms with Crippen LogP contribution in [0.5, 0.6) is 5.75 Å². The number of aromatic nitrogens is 2. The lowest BCUT2D eigenvalue weighted by Gasteiger charge is -2.30. The third-order valence-electron chi connectivity index (χ3n) is 6.86. The number of nitrogen functional groups attached to an aromatic ring is 2. The third-order valence-corrected chi connectivity index (χ3v) is 6.86. The van der Waals surface area contributed by atoms with Gasteiger partial charge in [-0.2, -0.15) is 4.68 Å². The Morgan fingerprint density at radius 1 is 1.31 bits per heavy atom. The summed E-state index contributed by atoms with van der Waals surface area (Å²) < 4.78 is 7.98. The summed E-state index contributed by atoms with van der Waals surface area (Å²) in [6, 6.07) is 1.73. The van der Waals surface area contributed by atoms with Crippen molar-refractivity contribution in [3.63, 3.8) is 0 Å². The zero-order chi connectivity index (χ0) is 23.4. The van der Waals surface area contributed by atoms with E-state index in [0.29, 0.717) is 22.5 Å². The number of ether oxygens (including phenoxy) is 1. The van der Waals surface area contributed by atoms with Crippen molar-refractivity contribution in [2.75, 3.05) is 43.7 Å². The minimum atomic E-state index is -0.627. The van der Waals surface area contributed by atoms with Crippen molar-refractivity contribution in [3.8, 4) is 5.75 Å². The van der Waals surface area contributed by atoms with Gasteiger partial charge in [-0.1, -0.05) is 0 Å². The molecular formula is C22H31N7O3. The van der Waals surface area contributed by atoms with Gasteiger partial charge < -0.3 is 31.4 Å². The molecule has 0 radical (unpaired) electrons. The first-order chi connectivity index (χ1) is 15.2. The normalized spacial score (nSPS) is 19.8. The van der Waals surface area contributed by atoms with Crippen molar-refractivity contribution in [1.82, 2.24) is 14.6 Å². The van der Waals surface area contributed by atoms with E-state index >= 15 is 0 Å². The van der Waals surface area contributed by atoms with E-state index in [1.807, 2.05) is 20.9 Å². The zero-order valence-corrected chi connectivity index (χ0v) is 19.0. The minimum Gasteiger partial charge on any atom is -0.492 e. The molecule has 0 amide bonds. The molecular weight excluding hydrogens is 410 g/mol. The Bertz CT molecular complexity index is 1220. The van der Waals surface area contributed by atoms with Gasteiger partial charge in [0.05, 0.1) is 24.2 Å². The van der Waals surface area contributed by atoms with Crippen LogP contribution < -0.4 is 37.8 Å². The lowest BCUT2D eigenvalue weighted by atomic mass is 9.84. The molecule has 2 aromatic rings. The lowest BCUT2D eigenvalue weighted by Crippen LogP contribution is -2.49. The molecule has 5 N–H and O–H groups in total. The molecule has 0 spiro atoms. The minimum absolute atomic E-state index is 0.0166. The Kier molecular flexibility index (Phi) is 5.33. The van der Waals surface area contributed by atoms with Gasteiger partial charge in [0.2, 0.25) is 5.54 Å². The highest BCUT2D eigenvalue weighted by atomic mass is 16.5. The number of nitrogens with one attached hydrogen (secondary N) is 1. The van der Waals surface area contributed by atoms with Crippen molar-refractivity contribution >= 4 is 22.3 Å². The van der Waals surface area contributed by atoms with Crippen molar-refractivity contribution in [1.29, 1.82) is 0 Å². The molecule has 172 valence electrons. The largest absolute Gasteiger partial charge is 0.492 e. The van der Waals surface area contributed by atoms with E-state index < -0.39 is 16.8 Å². The summed E-state index contributed by atoms with van der Waals surface area (Å²) >= 11 is 0. The van der Waals surface area contributed by atoms with Crippen molar-refractivity contribution in [2.45, 2.75) is 50.7 Å². The van der Waals surface area contributed by atoms with Gasteiger partial charge >= 0.3 is 5.69 Å². The monoisotopic (exact) mass is 441 g/mol. The van der Waals surface area contributed by atoms with Gasteiger partial charge in [-0.3, -0.25) is 9.36 Å². The standard InChI is InChI=1S/C22H31N7O3/c1-22(2,26-4)19(25-3)12-8-9-27(11-12)15-10-14(23)16-17(18(15)32-5)28(13-6-7-13)21(31)29(24)20(16)30/h10,12-13,19,25H,6-9,11,23-24H2,1-3,5H3. The summed E-state index contributed by atoms with van der Waals surface area (Å²) in [6.45, 7) is 12.9. The number of hydrogen-bond acceptors (Lipinski definition) is 7. The maximum Gasteiger partial charge on any atom is 0.350 e. The van der Waals surface area contributed by atoms with Gasteiger partial charge in [0.1, 0.15) is 5.52 Å². The number of anilines is 2. The third kappa shape index (κ3) is 3.28.